The molecule has 1 saturated heterocycles. The third-order valence-corrected chi connectivity index (χ3v) is 7.07. The Morgan fingerprint density at radius 2 is 2.15 bits per heavy atom. The zero-order chi connectivity index (χ0) is 19.8. The highest BCUT2D eigenvalue weighted by atomic mass is 32.2. The molecule has 0 aliphatic carbocycles. The quantitative estimate of drug-likeness (QED) is 0.823. The van der Waals surface area contributed by atoms with E-state index in [1.165, 1.54) is 24.0 Å². The van der Waals surface area contributed by atoms with Crippen LogP contribution in [0.15, 0.2) is 35.4 Å². The number of alkyl halides is 3. The van der Waals surface area contributed by atoms with Gasteiger partial charge in [0.15, 0.2) is 0 Å². The van der Waals surface area contributed by atoms with Gasteiger partial charge < -0.3 is 5.32 Å². The van der Waals surface area contributed by atoms with E-state index in [0.29, 0.717) is 5.39 Å². The van der Waals surface area contributed by atoms with Gasteiger partial charge in [0.25, 0.3) is 0 Å². The molecule has 146 valence electrons. The van der Waals surface area contributed by atoms with Crippen LogP contribution in [0, 0.1) is 6.92 Å². The molecule has 3 rings (SSSR count). The Morgan fingerprint density at radius 3 is 2.85 bits per heavy atom. The molecule has 2 aromatic rings. The van der Waals surface area contributed by atoms with Crippen LogP contribution in [-0.4, -0.2) is 54.0 Å². The standard InChI is InChI=1S/C16H16F3N3O3S2/c1-10-5-11-3-2-4-13(14(11)20-6-10)27(24,25)22-9-26-7-12(22)15(23)21-8-16(17,18)19/h2-6,12H,7-9H2,1H3,(H,21,23)/t12-/m0/s1. The van der Waals surface area contributed by atoms with E-state index < -0.39 is 34.7 Å². The third-order valence-electron chi connectivity index (χ3n) is 4.00. The first-order valence-corrected chi connectivity index (χ1v) is 10.5. The minimum absolute atomic E-state index is 0.0192. The molecular weight excluding hydrogens is 403 g/mol. The van der Waals surface area contributed by atoms with Crippen LogP contribution in [0.4, 0.5) is 13.2 Å². The Kier molecular flexibility index (Phi) is 5.37. The molecule has 0 unspecified atom stereocenters. The number of fused-ring (bicyclic) bond motifs is 1. The number of hydrogen-bond donors (Lipinski definition) is 1. The van der Waals surface area contributed by atoms with E-state index in [-0.39, 0.29) is 22.0 Å². The van der Waals surface area contributed by atoms with Gasteiger partial charge in [-0.05, 0) is 24.6 Å². The number of thioether (sulfide) groups is 1. The van der Waals surface area contributed by atoms with Gasteiger partial charge >= 0.3 is 6.18 Å². The predicted molar refractivity (Wildman–Crippen MR) is 95.7 cm³/mol. The van der Waals surface area contributed by atoms with Gasteiger partial charge in [0.1, 0.15) is 17.5 Å². The zero-order valence-electron chi connectivity index (χ0n) is 14.2. The monoisotopic (exact) mass is 419 g/mol. The van der Waals surface area contributed by atoms with Crippen LogP contribution in [0.5, 0.6) is 0 Å². The number of benzene rings is 1. The fraction of sp³-hybridized carbons (Fsp3) is 0.375. The first kappa shape index (κ1) is 19.9. The summed E-state index contributed by atoms with van der Waals surface area (Å²) < 4.78 is 64.2. The number of nitrogens with zero attached hydrogens (tertiary/aromatic N) is 2. The number of amides is 1. The van der Waals surface area contributed by atoms with Crippen molar-refractivity contribution in [2.75, 3.05) is 18.2 Å². The summed E-state index contributed by atoms with van der Waals surface area (Å²) >= 11 is 1.17. The average molecular weight is 419 g/mol. The normalized spacial score (nSPS) is 18.7. The lowest BCUT2D eigenvalue weighted by Gasteiger charge is -2.23. The largest absolute Gasteiger partial charge is 0.405 e. The lowest BCUT2D eigenvalue weighted by Crippen LogP contribution is -2.49. The number of aromatic nitrogens is 1. The second kappa shape index (κ2) is 7.28. The van der Waals surface area contributed by atoms with Gasteiger partial charge in [-0.2, -0.15) is 17.5 Å². The third kappa shape index (κ3) is 4.19. The van der Waals surface area contributed by atoms with Crippen molar-refractivity contribution in [3.05, 3.63) is 36.0 Å². The first-order valence-electron chi connectivity index (χ1n) is 7.89. The molecule has 0 saturated carbocycles. The molecule has 1 amide bonds. The highest BCUT2D eigenvalue weighted by Crippen LogP contribution is 2.31. The number of carbonyl (C=O) groups is 1. The molecule has 6 nitrogen and oxygen atoms in total. The molecule has 1 aromatic carbocycles. The smallest absolute Gasteiger partial charge is 0.346 e. The summed E-state index contributed by atoms with van der Waals surface area (Å²) in [7, 11) is -4.12. The molecule has 0 spiro atoms. The summed E-state index contributed by atoms with van der Waals surface area (Å²) in [6.45, 7) is 0.321. The van der Waals surface area contributed by atoms with Crippen LogP contribution in [0.1, 0.15) is 5.56 Å². The van der Waals surface area contributed by atoms with Crippen molar-refractivity contribution in [2.45, 2.75) is 24.0 Å². The molecule has 1 fully saturated rings. The molecule has 1 N–H and O–H groups in total. The Balaban J connectivity index is 1.93. The SMILES string of the molecule is Cc1cnc2c(S(=O)(=O)N3CSC[C@H]3C(=O)NCC(F)(F)F)cccc2c1. The van der Waals surface area contributed by atoms with Crippen LogP contribution in [0.2, 0.25) is 0 Å². The van der Waals surface area contributed by atoms with E-state index in [9.17, 15) is 26.4 Å². The van der Waals surface area contributed by atoms with E-state index in [1.54, 1.807) is 23.5 Å². The van der Waals surface area contributed by atoms with Crippen LogP contribution >= 0.6 is 11.8 Å². The van der Waals surface area contributed by atoms with Gasteiger partial charge in [-0.25, -0.2) is 8.42 Å². The van der Waals surface area contributed by atoms with Crippen LogP contribution in [0.3, 0.4) is 0 Å². The molecule has 11 heteroatoms. The van der Waals surface area contributed by atoms with Gasteiger partial charge in [-0.1, -0.05) is 12.1 Å². The average Bonchev–Trinajstić information content (AvgIpc) is 3.09. The summed E-state index contributed by atoms with van der Waals surface area (Å²) in [5.41, 5.74) is 1.12. The summed E-state index contributed by atoms with van der Waals surface area (Å²) in [5, 5.41) is 2.39. The molecule has 27 heavy (non-hydrogen) atoms. The summed E-state index contributed by atoms with van der Waals surface area (Å²) in [5.74, 6) is -0.903. The van der Waals surface area contributed by atoms with E-state index in [2.05, 4.69) is 4.98 Å². The molecule has 0 radical (unpaired) electrons. The lowest BCUT2D eigenvalue weighted by atomic mass is 10.2. The molecular formula is C16H16F3N3O3S2. The number of nitrogens with one attached hydrogen (secondary N) is 1. The molecule has 1 aliphatic heterocycles. The van der Waals surface area contributed by atoms with Gasteiger partial charge in [0.2, 0.25) is 15.9 Å². The minimum atomic E-state index is -4.57. The Labute approximate surface area is 158 Å². The maximum absolute atomic E-state index is 13.1. The van der Waals surface area contributed by atoms with E-state index >= 15 is 0 Å². The number of sulfonamides is 1. The van der Waals surface area contributed by atoms with Crippen molar-refractivity contribution in [1.82, 2.24) is 14.6 Å². The van der Waals surface area contributed by atoms with Gasteiger partial charge in [0, 0.05) is 17.3 Å². The molecule has 1 atom stereocenters. The van der Waals surface area contributed by atoms with E-state index in [0.717, 1.165) is 9.87 Å². The Hall–Kier alpha value is -1.85. The number of hydrogen-bond acceptors (Lipinski definition) is 5. The fourth-order valence-electron chi connectivity index (χ4n) is 2.75. The highest BCUT2D eigenvalue weighted by Gasteiger charge is 2.41. The van der Waals surface area contributed by atoms with Crippen molar-refractivity contribution in [3.63, 3.8) is 0 Å². The lowest BCUT2D eigenvalue weighted by molar-refractivity contribution is -0.140. The molecule has 1 aliphatic rings. The number of aryl methyl sites for hydroxylation is 1. The van der Waals surface area contributed by atoms with Crippen LogP contribution in [0.25, 0.3) is 10.9 Å². The van der Waals surface area contributed by atoms with Gasteiger partial charge in [-0.3, -0.25) is 9.78 Å². The minimum Gasteiger partial charge on any atom is -0.346 e. The van der Waals surface area contributed by atoms with E-state index in [1.807, 2.05) is 6.92 Å². The van der Waals surface area contributed by atoms with Crippen molar-refractivity contribution in [2.24, 2.45) is 0 Å². The second-order valence-corrected chi connectivity index (χ2v) is 8.94. The Morgan fingerprint density at radius 1 is 1.41 bits per heavy atom. The second-order valence-electron chi connectivity index (χ2n) is 6.08. The Bertz CT molecular complexity index is 980. The number of para-hydroxylation sites is 1. The number of pyridine rings is 1. The zero-order valence-corrected chi connectivity index (χ0v) is 15.8. The van der Waals surface area contributed by atoms with Gasteiger partial charge in [0.05, 0.1) is 11.4 Å². The fourth-order valence-corrected chi connectivity index (χ4v) is 6.07. The topological polar surface area (TPSA) is 79.4 Å². The predicted octanol–water partition coefficient (Wildman–Crippen LogP) is 2.29. The number of rotatable bonds is 4. The number of carbonyl (C=O) groups excluding carboxylic acids is 1. The summed E-state index contributed by atoms with van der Waals surface area (Å²) in [6.07, 6.45) is -3.03. The molecule has 1 aromatic heterocycles. The van der Waals surface area contributed by atoms with Crippen molar-refractivity contribution >= 4 is 38.6 Å². The van der Waals surface area contributed by atoms with Gasteiger partial charge in [-0.15, -0.1) is 11.8 Å². The van der Waals surface area contributed by atoms with Crippen LogP contribution < -0.4 is 5.32 Å². The molecule has 0 bridgehead atoms. The van der Waals surface area contributed by atoms with Crippen molar-refractivity contribution < 1.29 is 26.4 Å². The maximum atomic E-state index is 13.1. The summed E-state index contributed by atoms with van der Waals surface area (Å²) in [6, 6.07) is 5.25. The van der Waals surface area contributed by atoms with Crippen molar-refractivity contribution in [3.8, 4) is 0 Å². The van der Waals surface area contributed by atoms with Crippen molar-refractivity contribution in [1.29, 1.82) is 0 Å². The first-order chi connectivity index (χ1) is 12.6. The van der Waals surface area contributed by atoms with Crippen LogP contribution in [-0.2, 0) is 14.8 Å². The maximum Gasteiger partial charge on any atom is 0.405 e. The highest BCUT2D eigenvalue weighted by molar-refractivity contribution is 8.00. The number of halogens is 3. The molecule has 2 heterocycles. The van der Waals surface area contributed by atoms with E-state index in [4.69, 9.17) is 0 Å². The summed E-state index contributed by atoms with van der Waals surface area (Å²) in [4.78, 5) is 16.3.